The van der Waals surface area contributed by atoms with Gasteiger partial charge in [-0.15, -0.1) is 0 Å². The number of aryl methyl sites for hydroxylation is 1. The van der Waals surface area contributed by atoms with Crippen molar-refractivity contribution in [2.75, 3.05) is 0 Å². The van der Waals surface area contributed by atoms with Crippen molar-refractivity contribution in [1.29, 1.82) is 0 Å². The highest BCUT2D eigenvalue weighted by Gasteiger charge is 2.24. The third-order valence-electron chi connectivity index (χ3n) is 3.33. The van der Waals surface area contributed by atoms with E-state index in [0.29, 0.717) is 5.92 Å². The number of carbonyl (C=O) groups is 1. The molecule has 1 rings (SSSR count). The molecular weight excluding hydrogens is 214 g/mol. The van der Waals surface area contributed by atoms with Gasteiger partial charge in [-0.25, -0.2) is 0 Å². The summed E-state index contributed by atoms with van der Waals surface area (Å²) in [5.74, 6) is -0.249. The lowest BCUT2D eigenvalue weighted by Gasteiger charge is -2.30. The van der Waals surface area contributed by atoms with E-state index in [1.54, 1.807) is 0 Å². The molecule has 17 heavy (non-hydrogen) atoms. The minimum Gasteiger partial charge on any atom is -0.481 e. The SMILES string of the molecule is CC(C)(C)C(CCC(=O)O)CCn1cccc1. The highest BCUT2D eigenvalue weighted by molar-refractivity contribution is 5.66. The molecule has 96 valence electrons. The largest absolute Gasteiger partial charge is 0.481 e. The normalized spacial score (nSPS) is 13.6. The van der Waals surface area contributed by atoms with Crippen molar-refractivity contribution >= 4 is 5.97 Å². The summed E-state index contributed by atoms with van der Waals surface area (Å²) >= 11 is 0. The third kappa shape index (κ3) is 5.07. The number of carboxylic acids is 1. The Labute approximate surface area is 103 Å². The Morgan fingerprint density at radius 3 is 2.29 bits per heavy atom. The average molecular weight is 237 g/mol. The Balaban J connectivity index is 2.49. The number of carboxylic acid groups (broad SMARTS) is 1. The zero-order chi connectivity index (χ0) is 12.9. The molecule has 0 bridgehead atoms. The van der Waals surface area contributed by atoms with Gasteiger partial charge in [0, 0.05) is 25.4 Å². The van der Waals surface area contributed by atoms with E-state index in [9.17, 15) is 4.79 Å². The monoisotopic (exact) mass is 237 g/mol. The number of aromatic nitrogens is 1. The summed E-state index contributed by atoms with van der Waals surface area (Å²) in [6.45, 7) is 7.54. The molecule has 0 radical (unpaired) electrons. The van der Waals surface area contributed by atoms with Crippen molar-refractivity contribution in [3.05, 3.63) is 24.5 Å². The molecular formula is C14H23NO2. The molecule has 1 N–H and O–H groups in total. The second-order valence-electron chi connectivity index (χ2n) is 5.70. The standard InChI is InChI=1S/C14H23NO2/c1-14(2,3)12(6-7-13(16)17)8-11-15-9-4-5-10-15/h4-5,9-10,12H,6-8,11H2,1-3H3,(H,16,17). The lowest BCUT2D eigenvalue weighted by Crippen LogP contribution is -2.23. The molecule has 0 saturated carbocycles. The van der Waals surface area contributed by atoms with E-state index in [4.69, 9.17) is 5.11 Å². The van der Waals surface area contributed by atoms with Crippen LogP contribution in [0.1, 0.15) is 40.0 Å². The molecule has 1 unspecified atom stereocenters. The maximum atomic E-state index is 10.7. The van der Waals surface area contributed by atoms with Gasteiger partial charge in [0.15, 0.2) is 0 Å². The van der Waals surface area contributed by atoms with Gasteiger partial charge >= 0.3 is 5.97 Å². The fraction of sp³-hybridized carbons (Fsp3) is 0.643. The number of aliphatic carboxylic acids is 1. The van der Waals surface area contributed by atoms with Gasteiger partial charge in [0.2, 0.25) is 0 Å². The van der Waals surface area contributed by atoms with Crippen molar-refractivity contribution in [2.24, 2.45) is 11.3 Å². The predicted molar refractivity (Wildman–Crippen MR) is 68.9 cm³/mol. The van der Waals surface area contributed by atoms with Gasteiger partial charge in [-0.2, -0.15) is 0 Å². The van der Waals surface area contributed by atoms with Crippen LogP contribution < -0.4 is 0 Å². The van der Waals surface area contributed by atoms with E-state index in [1.165, 1.54) is 0 Å². The van der Waals surface area contributed by atoms with Gasteiger partial charge in [0.05, 0.1) is 0 Å². The number of hydrogen-bond acceptors (Lipinski definition) is 1. The Bertz CT molecular complexity index is 336. The second-order valence-corrected chi connectivity index (χ2v) is 5.70. The number of nitrogens with zero attached hydrogens (tertiary/aromatic N) is 1. The average Bonchev–Trinajstić information content (AvgIpc) is 2.67. The Kier molecular flexibility index (Phi) is 4.79. The van der Waals surface area contributed by atoms with Gasteiger partial charge < -0.3 is 9.67 Å². The number of hydrogen-bond donors (Lipinski definition) is 1. The van der Waals surface area contributed by atoms with Crippen molar-refractivity contribution in [3.63, 3.8) is 0 Å². The molecule has 1 aromatic heterocycles. The van der Waals surface area contributed by atoms with Gasteiger partial charge in [-0.05, 0) is 36.3 Å². The zero-order valence-corrected chi connectivity index (χ0v) is 11.0. The zero-order valence-electron chi connectivity index (χ0n) is 11.0. The Hall–Kier alpha value is -1.25. The number of rotatable bonds is 6. The fourth-order valence-electron chi connectivity index (χ4n) is 2.13. The van der Waals surface area contributed by atoms with Crippen molar-refractivity contribution in [2.45, 2.75) is 46.6 Å². The Morgan fingerprint density at radius 1 is 1.24 bits per heavy atom. The molecule has 3 nitrogen and oxygen atoms in total. The van der Waals surface area contributed by atoms with Crippen LogP contribution in [-0.2, 0) is 11.3 Å². The first-order valence-corrected chi connectivity index (χ1v) is 6.22. The predicted octanol–water partition coefficient (Wildman–Crippen LogP) is 3.41. The molecule has 1 heterocycles. The van der Waals surface area contributed by atoms with E-state index < -0.39 is 5.97 Å². The first-order chi connectivity index (χ1) is 7.89. The second kappa shape index (κ2) is 5.89. The van der Waals surface area contributed by atoms with Crippen LogP contribution >= 0.6 is 0 Å². The third-order valence-corrected chi connectivity index (χ3v) is 3.33. The van der Waals surface area contributed by atoms with Crippen molar-refractivity contribution in [3.8, 4) is 0 Å². The van der Waals surface area contributed by atoms with Gasteiger partial charge in [0.25, 0.3) is 0 Å². The Morgan fingerprint density at radius 2 is 1.82 bits per heavy atom. The maximum Gasteiger partial charge on any atom is 0.303 e. The summed E-state index contributed by atoms with van der Waals surface area (Å²) in [5.41, 5.74) is 0.169. The van der Waals surface area contributed by atoms with Crippen molar-refractivity contribution < 1.29 is 9.90 Å². The van der Waals surface area contributed by atoms with E-state index in [2.05, 4.69) is 37.7 Å². The molecule has 0 aliphatic rings. The van der Waals surface area contributed by atoms with Crippen LogP contribution in [0, 0.1) is 11.3 Å². The molecule has 0 aliphatic carbocycles. The molecule has 3 heteroatoms. The minimum absolute atomic E-state index is 0.169. The van der Waals surface area contributed by atoms with Crippen LogP contribution in [-0.4, -0.2) is 15.6 Å². The smallest absolute Gasteiger partial charge is 0.303 e. The quantitative estimate of drug-likeness (QED) is 0.824. The van der Waals surface area contributed by atoms with Crippen molar-refractivity contribution in [1.82, 2.24) is 4.57 Å². The molecule has 0 aromatic carbocycles. The lowest BCUT2D eigenvalue weighted by atomic mass is 9.76. The van der Waals surface area contributed by atoms with E-state index >= 15 is 0 Å². The summed E-state index contributed by atoms with van der Waals surface area (Å²) in [6.07, 6.45) is 6.17. The summed E-state index contributed by atoms with van der Waals surface area (Å²) in [6, 6.07) is 4.03. The summed E-state index contributed by atoms with van der Waals surface area (Å²) in [7, 11) is 0. The highest BCUT2D eigenvalue weighted by Crippen LogP contribution is 2.32. The van der Waals surface area contributed by atoms with Gasteiger partial charge in [0.1, 0.15) is 0 Å². The summed E-state index contributed by atoms with van der Waals surface area (Å²) in [4.78, 5) is 10.7. The van der Waals surface area contributed by atoms with Crippen LogP contribution in [0.5, 0.6) is 0 Å². The van der Waals surface area contributed by atoms with Crippen LogP contribution in [0.3, 0.4) is 0 Å². The molecule has 0 saturated heterocycles. The maximum absolute atomic E-state index is 10.7. The molecule has 0 aliphatic heterocycles. The van der Waals surface area contributed by atoms with E-state index in [-0.39, 0.29) is 11.8 Å². The van der Waals surface area contributed by atoms with Gasteiger partial charge in [-0.3, -0.25) is 4.79 Å². The van der Waals surface area contributed by atoms with E-state index in [1.807, 2.05) is 12.1 Å². The topological polar surface area (TPSA) is 42.2 Å². The fourth-order valence-corrected chi connectivity index (χ4v) is 2.13. The van der Waals surface area contributed by atoms with Crippen LogP contribution in [0.25, 0.3) is 0 Å². The molecule has 0 fully saturated rings. The van der Waals surface area contributed by atoms with Gasteiger partial charge in [-0.1, -0.05) is 20.8 Å². The minimum atomic E-state index is -0.694. The molecule has 1 aromatic rings. The molecule has 0 spiro atoms. The first kappa shape index (κ1) is 13.8. The molecule has 1 atom stereocenters. The van der Waals surface area contributed by atoms with Crippen LogP contribution in [0.2, 0.25) is 0 Å². The highest BCUT2D eigenvalue weighted by atomic mass is 16.4. The summed E-state index contributed by atoms with van der Waals surface area (Å²) < 4.78 is 2.15. The van der Waals surface area contributed by atoms with E-state index in [0.717, 1.165) is 19.4 Å². The molecule has 0 amide bonds. The summed E-state index contributed by atoms with van der Waals surface area (Å²) in [5, 5.41) is 8.78. The van der Waals surface area contributed by atoms with Crippen LogP contribution in [0.15, 0.2) is 24.5 Å². The first-order valence-electron chi connectivity index (χ1n) is 6.22. The van der Waals surface area contributed by atoms with Crippen LogP contribution in [0.4, 0.5) is 0 Å². The lowest BCUT2D eigenvalue weighted by molar-refractivity contribution is -0.137.